The van der Waals surface area contributed by atoms with Crippen molar-refractivity contribution in [3.05, 3.63) is 34.9 Å². The topological polar surface area (TPSA) is 52.8 Å². The molecule has 0 aromatic carbocycles. The number of hydrogen-bond acceptors (Lipinski definition) is 3. The van der Waals surface area contributed by atoms with Gasteiger partial charge in [0, 0.05) is 5.41 Å². The molecule has 3 nitrogen and oxygen atoms in total. The molecule has 0 aromatic heterocycles. The number of allylic oxidation sites excluding steroid dienone is 5. The molecule has 0 spiro atoms. The molecule has 0 heterocycles. The summed E-state index contributed by atoms with van der Waals surface area (Å²) >= 11 is 0. The predicted octanol–water partition coefficient (Wildman–Crippen LogP) is 3.59. The zero-order valence-electron chi connectivity index (χ0n) is 12.5. The van der Waals surface area contributed by atoms with Gasteiger partial charge in [0.25, 0.3) is 0 Å². The van der Waals surface area contributed by atoms with Gasteiger partial charge in [0.15, 0.2) is 0 Å². The van der Waals surface area contributed by atoms with Crippen LogP contribution in [0.2, 0.25) is 0 Å². The van der Waals surface area contributed by atoms with Crippen molar-refractivity contribution >= 4 is 5.71 Å². The van der Waals surface area contributed by atoms with Crippen LogP contribution < -0.4 is 0 Å². The lowest BCUT2D eigenvalue weighted by Crippen LogP contribution is -2.39. The molecule has 3 heteroatoms. The van der Waals surface area contributed by atoms with Gasteiger partial charge in [-0.3, -0.25) is 0 Å². The van der Waals surface area contributed by atoms with Crippen molar-refractivity contribution in [1.29, 1.82) is 0 Å². The van der Waals surface area contributed by atoms with E-state index in [1.165, 1.54) is 23.1 Å². The number of oxime groups is 1. The van der Waals surface area contributed by atoms with Crippen LogP contribution in [0.4, 0.5) is 0 Å². The number of hydrogen-bond donors (Lipinski definition) is 2. The molecule has 2 N–H and O–H groups in total. The third-order valence-corrected chi connectivity index (χ3v) is 6.34. The smallest absolute Gasteiger partial charge is 0.0801 e. The summed E-state index contributed by atoms with van der Waals surface area (Å²) in [5.41, 5.74) is 5.14. The summed E-state index contributed by atoms with van der Waals surface area (Å²) in [7, 11) is 0. The highest BCUT2D eigenvalue weighted by atomic mass is 16.4. The molecule has 21 heavy (non-hydrogen) atoms. The Balaban J connectivity index is 1.79. The molecule has 1 fully saturated rings. The van der Waals surface area contributed by atoms with Gasteiger partial charge >= 0.3 is 0 Å². The number of aliphatic hydroxyl groups excluding tert-OH is 1. The van der Waals surface area contributed by atoms with Crippen molar-refractivity contribution in [2.24, 2.45) is 22.4 Å². The summed E-state index contributed by atoms with van der Waals surface area (Å²) in [6.07, 6.45) is 12.6. The molecule has 0 bridgehead atoms. The van der Waals surface area contributed by atoms with E-state index in [4.69, 9.17) is 5.21 Å². The maximum atomic E-state index is 10.4. The number of rotatable bonds is 0. The van der Waals surface area contributed by atoms with Gasteiger partial charge in [0.1, 0.15) is 0 Å². The third-order valence-electron chi connectivity index (χ3n) is 6.34. The standard InChI is InChI=1S/C18H23NO2/c1-18-9-8-14-13-5-3-12(19-21)10-11(13)2-4-15(14)16(18)6-7-17(18)20/h8-10,15-17,20-21H,2-7H2,1H3/b19-12-. The van der Waals surface area contributed by atoms with Crippen molar-refractivity contribution < 1.29 is 10.3 Å². The van der Waals surface area contributed by atoms with Crippen LogP contribution in [0.5, 0.6) is 0 Å². The van der Waals surface area contributed by atoms with Crippen molar-refractivity contribution in [2.45, 2.75) is 51.6 Å². The fourth-order valence-electron chi connectivity index (χ4n) is 5.08. The van der Waals surface area contributed by atoms with E-state index < -0.39 is 0 Å². The first-order chi connectivity index (χ1) is 10.1. The Bertz CT molecular complexity index is 598. The van der Waals surface area contributed by atoms with Crippen LogP contribution in [0, 0.1) is 17.3 Å². The van der Waals surface area contributed by atoms with E-state index in [0.29, 0.717) is 11.8 Å². The van der Waals surface area contributed by atoms with Gasteiger partial charge in [-0.15, -0.1) is 0 Å². The maximum Gasteiger partial charge on any atom is 0.0801 e. The molecule has 4 aliphatic rings. The van der Waals surface area contributed by atoms with Crippen LogP contribution in [-0.4, -0.2) is 22.1 Å². The van der Waals surface area contributed by atoms with E-state index in [2.05, 4.69) is 30.3 Å². The molecular formula is C18H23NO2. The zero-order chi connectivity index (χ0) is 14.6. The van der Waals surface area contributed by atoms with Crippen molar-refractivity contribution in [3.63, 3.8) is 0 Å². The first-order valence-corrected chi connectivity index (χ1v) is 8.15. The quantitative estimate of drug-likeness (QED) is 0.528. The van der Waals surface area contributed by atoms with Crippen molar-refractivity contribution in [3.8, 4) is 0 Å². The van der Waals surface area contributed by atoms with Gasteiger partial charge in [-0.25, -0.2) is 0 Å². The molecule has 0 aliphatic heterocycles. The van der Waals surface area contributed by atoms with Gasteiger partial charge in [-0.1, -0.05) is 24.2 Å². The van der Waals surface area contributed by atoms with Crippen LogP contribution >= 0.6 is 0 Å². The van der Waals surface area contributed by atoms with Crippen molar-refractivity contribution in [2.75, 3.05) is 0 Å². The Morgan fingerprint density at radius 3 is 2.86 bits per heavy atom. The van der Waals surface area contributed by atoms with E-state index in [-0.39, 0.29) is 11.5 Å². The number of aliphatic hydroxyl groups is 1. The molecule has 112 valence electrons. The molecule has 1 saturated carbocycles. The average molecular weight is 285 g/mol. The largest absolute Gasteiger partial charge is 0.411 e. The van der Waals surface area contributed by atoms with Gasteiger partial charge in [0.2, 0.25) is 0 Å². The average Bonchev–Trinajstić information content (AvgIpc) is 2.82. The van der Waals surface area contributed by atoms with E-state index in [0.717, 1.165) is 37.8 Å². The first kappa shape index (κ1) is 13.3. The molecule has 4 aliphatic carbocycles. The Morgan fingerprint density at radius 1 is 1.19 bits per heavy atom. The lowest BCUT2D eigenvalue weighted by atomic mass is 9.60. The molecule has 0 saturated heterocycles. The number of fused-ring (bicyclic) bond motifs is 4. The SMILES string of the molecule is CC12C=CC3=C4CC/C(=N/O)C=C4CCC3C1CCC2O. The molecule has 4 atom stereocenters. The first-order valence-electron chi connectivity index (χ1n) is 8.15. The highest BCUT2D eigenvalue weighted by molar-refractivity contribution is 5.97. The third kappa shape index (κ3) is 1.80. The molecule has 4 unspecified atom stereocenters. The fourth-order valence-corrected chi connectivity index (χ4v) is 5.08. The highest BCUT2D eigenvalue weighted by Gasteiger charge is 2.51. The van der Waals surface area contributed by atoms with Gasteiger partial charge in [-0.05, 0) is 73.2 Å². The number of nitrogens with zero attached hydrogens (tertiary/aromatic N) is 1. The molecule has 0 aromatic rings. The summed E-state index contributed by atoms with van der Waals surface area (Å²) in [5.74, 6) is 1.20. The van der Waals surface area contributed by atoms with Gasteiger partial charge in [-0.2, -0.15) is 0 Å². The van der Waals surface area contributed by atoms with Crippen LogP contribution in [0.3, 0.4) is 0 Å². The Labute approximate surface area is 125 Å². The second-order valence-electron chi connectivity index (χ2n) is 7.24. The van der Waals surface area contributed by atoms with E-state index in [9.17, 15) is 5.11 Å². The van der Waals surface area contributed by atoms with E-state index in [1.807, 2.05) is 0 Å². The Morgan fingerprint density at radius 2 is 2.05 bits per heavy atom. The van der Waals surface area contributed by atoms with E-state index >= 15 is 0 Å². The normalized spacial score (nSPS) is 43.4. The summed E-state index contributed by atoms with van der Waals surface area (Å²) in [6.45, 7) is 2.23. The molecule has 0 radical (unpaired) electrons. The summed E-state index contributed by atoms with van der Waals surface area (Å²) in [4.78, 5) is 0. The van der Waals surface area contributed by atoms with E-state index in [1.54, 1.807) is 0 Å². The zero-order valence-corrected chi connectivity index (χ0v) is 12.5. The minimum absolute atomic E-state index is 0.0255. The molecule has 0 amide bonds. The summed E-state index contributed by atoms with van der Waals surface area (Å²) < 4.78 is 0. The van der Waals surface area contributed by atoms with Gasteiger partial charge in [0.05, 0.1) is 11.8 Å². The lowest BCUT2D eigenvalue weighted by Gasteiger charge is -2.44. The fraction of sp³-hybridized carbons (Fsp3) is 0.611. The van der Waals surface area contributed by atoms with Crippen LogP contribution in [-0.2, 0) is 0 Å². The second kappa shape index (κ2) is 4.57. The monoisotopic (exact) mass is 285 g/mol. The van der Waals surface area contributed by atoms with Crippen LogP contribution in [0.15, 0.2) is 40.1 Å². The van der Waals surface area contributed by atoms with Crippen LogP contribution in [0.25, 0.3) is 0 Å². The molecular weight excluding hydrogens is 262 g/mol. The minimum Gasteiger partial charge on any atom is -0.411 e. The summed E-state index contributed by atoms with van der Waals surface area (Å²) in [5, 5.41) is 22.7. The predicted molar refractivity (Wildman–Crippen MR) is 82.3 cm³/mol. The van der Waals surface area contributed by atoms with Crippen molar-refractivity contribution in [1.82, 2.24) is 0 Å². The maximum absolute atomic E-state index is 10.4. The Kier molecular flexibility index (Phi) is 2.90. The Hall–Kier alpha value is -1.35. The molecule has 4 rings (SSSR count). The summed E-state index contributed by atoms with van der Waals surface area (Å²) in [6, 6.07) is 0. The minimum atomic E-state index is -0.179. The van der Waals surface area contributed by atoms with Crippen LogP contribution in [0.1, 0.15) is 45.4 Å². The highest BCUT2D eigenvalue weighted by Crippen LogP contribution is 2.57. The second-order valence-corrected chi connectivity index (χ2v) is 7.24. The van der Waals surface area contributed by atoms with Gasteiger partial charge < -0.3 is 10.3 Å². The lowest BCUT2D eigenvalue weighted by molar-refractivity contribution is 0.0586.